The van der Waals surface area contributed by atoms with Crippen molar-refractivity contribution in [3.8, 4) is 11.4 Å². The molecule has 0 fully saturated rings. The normalized spacial score (nSPS) is 11.5. The largest absolute Gasteiger partial charge is 0.496 e. The van der Waals surface area contributed by atoms with Gasteiger partial charge in [-0.15, -0.1) is 0 Å². The molecule has 2 heterocycles. The van der Waals surface area contributed by atoms with Gasteiger partial charge in [-0.25, -0.2) is 17.8 Å². The van der Waals surface area contributed by atoms with Crippen molar-refractivity contribution in [3.63, 3.8) is 0 Å². The fourth-order valence-electron chi connectivity index (χ4n) is 2.68. The van der Waals surface area contributed by atoms with Crippen LogP contribution in [0.2, 0.25) is 0 Å². The van der Waals surface area contributed by atoms with Crippen LogP contribution in [-0.4, -0.2) is 36.4 Å². The molecule has 1 N–H and O–H groups in total. The Morgan fingerprint density at radius 2 is 1.93 bits per heavy atom. The van der Waals surface area contributed by atoms with Crippen LogP contribution in [0.15, 0.2) is 64.5 Å². The van der Waals surface area contributed by atoms with E-state index in [0.717, 1.165) is 5.69 Å². The summed E-state index contributed by atoms with van der Waals surface area (Å²) >= 11 is 0. The zero-order valence-corrected chi connectivity index (χ0v) is 15.8. The van der Waals surface area contributed by atoms with E-state index < -0.39 is 10.0 Å². The zero-order valence-electron chi connectivity index (χ0n) is 15.0. The van der Waals surface area contributed by atoms with Gasteiger partial charge in [-0.1, -0.05) is 0 Å². The van der Waals surface area contributed by atoms with Crippen LogP contribution in [-0.2, 0) is 16.6 Å². The number of sulfonamides is 1. The third-order valence-corrected chi connectivity index (χ3v) is 5.56. The van der Waals surface area contributed by atoms with Crippen LogP contribution in [0, 0.1) is 6.92 Å². The number of hydrogen-bond acceptors (Lipinski definition) is 5. The molecule has 9 heteroatoms. The van der Waals surface area contributed by atoms with E-state index in [1.165, 1.54) is 29.9 Å². The first-order chi connectivity index (χ1) is 12.9. The maximum absolute atomic E-state index is 12.4. The highest BCUT2D eigenvalue weighted by atomic mass is 32.2. The topological polar surface area (TPSA) is 95.2 Å². The van der Waals surface area contributed by atoms with Gasteiger partial charge in [0.1, 0.15) is 5.75 Å². The van der Waals surface area contributed by atoms with E-state index in [-0.39, 0.29) is 23.5 Å². The van der Waals surface area contributed by atoms with Crippen molar-refractivity contribution in [2.45, 2.75) is 18.4 Å². The van der Waals surface area contributed by atoms with Crippen molar-refractivity contribution < 1.29 is 13.2 Å². The van der Waals surface area contributed by atoms with E-state index in [2.05, 4.69) is 9.82 Å². The lowest BCUT2D eigenvalue weighted by Gasteiger charge is -2.12. The Morgan fingerprint density at radius 1 is 1.19 bits per heavy atom. The number of nitrogens with one attached hydrogen (secondary N) is 1. The lowest BCUT2D eigenvalue weighted by atomic mass is 10.3. The van der Waals surface area contributed by atoms with Gasteiger partial charge < -0.3 is 9.30 Å². The summed E-state index contributed by atoms with van der Waals surface area (Å²) in [7, 11) is -2.18. The summed E-state index contributed by atoms with van der Waals surface area (Å²) in [5.41, 5.74) is 1.22. The van der Waals surface area contributed by atoms with Gasteiger partial charge in [0, 0.05) is 37.2 Å². The van der Waals surface area contributed by atoms with Crippen LogP contribution in [0.1, 0.15) is 5.69 Å². The summed E-state index contributed by atoms with van der Waals surface area (Å²) in [6.45, 7) is 2.09. The van der Waals surface area contributed by atoms with E-state index in [4.69, 9.17) is 4.74 Å². The van der Waals surface area contributed by atoms with E-state index >= 15 is 0 Å². The Balaban J connectivity index is 1.68. The molecular formula is C18H20N4O4S. The molecule has 0 amide bonds. The highest BCUT2D eigenvalue weighted by molar-refractivity contribution is 7.89. The van der Waals surface area contributed by atoms with E-state index in [0.29, 0.717) is 11.4 Å². The summed E-state index contributed by atoms with van der Waals surface area (Å²) in [6, 6.07) is 11.3. The number of rotatable bonds is 7. The number of aryl methyl sites for hydroxylation is 1. The van der Waals surface area contributed by atoms with Gasteiger partial charge in [0.25, 0.3) is 5.56 Å². The zero-order chi connectivity index (χ0) is 19.4. The van der Waals surface area contributed by atoms with Gasteiger partial charge in [-0.3, -0.25) is 4.79 Å². The molecule has 0 aliphatic carbocycles. The van der Waals surface area contributed by atoms with Crippen LogP contribution >= 0.6 is 0 Å². The molecular weight excluding hydrogens is 368 g/mol. The second-order valence-corrected chi connectivity index (χ2v) is 7.64. The van der Waals surface area contributed by atoms with E-state index in [1.807, 2.05) is 0 Å². The first-order valence-electron chi connectivity index (χ1n) is 8.26. The van der Waals surface area contributed by atoms with Gasteiger partial charge in [-0.05, 0) is 43.3 Å². The number of ether oxygens (including phenoxy) is 1. The molecule has 0 aliphatic rings. The highest BCUT2D eigenvalue weighted by Gasteiger charge is 2.14. The van der Waals surface area contributed by atoms with Crippen molar-refractivity contribution in [2.75, 3.05) is 13.7 Å². The van der Waals surface area contributed by atoms with Gasteiger partial charge >= 0.3 is 0 Å². The van der Waals surface area contributed by atoms with E-state index in [1.54, 1.807) is 48.3 Å². The monoisotopic (exact) mass is 388 g/mol. The second-order valence-electron chi connectivity index (χ2n) is 5.87. The first kappa shape index (κ1) is 18.9. The Bertz CT molecular complexity index is 1070. The molecule has 8 nitrogen and oxygen atoms in total. The first-order valence-corrected chi connectivity index (χ1v) is 9.74. The Kier molecular flexibility index (Phi) is 5.43. The maximum Gasteiger partial charge on any atom is 0.254 e. The average molecular weight is 388 g/mol. The predicted molar refractivity (Wildman–Crippen MR) is 101 cm³/mol. The van der Waals surface area contributed by atoms with Gasteiger partial charge in [0.15, 0.2) is 0 Å². The summed E-state index contributed by atoms with van der Waals surface area (Å²) in [5, 5.41) is 4.10. The number of benzene rings is 1. The van der Waals surface area contributed by atoms with Crippen molar-refractivity contribution in [2.24, 2.45) is 0 Å². The van der Waals surface area contributed by atoms with Crippen LogP contribution < -0.4 is 15.0 Å². The minimum Gasteiger partial charge on any atom is -0.496 e. The Morgan fingerprint density at radius 3 is 2.52 bits per heavy atom. The molecule has 3 aromatic rings. The fourth-order valence-corrected chi connectivity index (χ4v) is 3.70. The minimum atomic E-state index is -3.67. The molecule has 27 heavy (non-hydrogen) atoms. The molecule has 0 atom stereocenters. The Hall–Kier alpha value is -2.91. The lowest BCUT2D eigenvalue weighted by molar-refractivity contribution is 0.411. The summed E-state index contributed by atoms with van der Waals surface area (Å²) in [5.74, 6) is 0.478. The van der Waals surface area contributed by atoms with Crippen LogP contribution in [0.25, 0.3) is 5.69 Å². The molecule has 0 unspecified atom stereocenters. The van der Waals surface area contributed by atoms with Crippen LogP contribution in [0.5, 0.6) is 5.75 Å². The SMILES string of the molecule is COc1cc(C)n(CCNS(=O)(=O)c2ccc(-n3cccn3)cc2)c(=O)c1. The summed E-state index contributed by atoms with van der Waals surface area (Å²) in [6.07, 6.45) is 3.42. The smallest absolute Gasteiger partial charge is 0.254 e. The molecule has 0 bridgehead atoms. The predicted octanol–water partition coefficient (Wildman–Crippen LogP) is 1.33. The van der Waals surface area contributed by atoms with E-state index in [9.17, 15) is 13.2 Å². The fraction of sp³-hybridized carbons (Fsp3) is 0.222. The molecule has 142 valence electrons. The summed E-state index contributed by atoms with van der Waals surface area (Å²) < 4.78 is 35.6. The standard InChI is InChI=1S/C18H20N4O4S/c1-14-12-16(26-2)13-18(23)21(14)11-9-20-27(24,25)17-6-4-15(5-7-17)22-10-3-8-19-22/h3-8,10,12-13,20H,9,11H2,1-2H3. The summed E-state index contributed by atoms with van der Waals surface area (Å²) in [4.78, 5) is 12.2. The van der Waals surface area contributed by atoms with Gasteiger partial charge in [0.05, 0.1) is 17.7 Å². The van der Waals surface area contributed by atoms with Gasteiger partial charge in [-0.2, -0.15) is 5.10 Å². The lowest BCUT2D eigenvalue weighted by Crippen LogP contribution is -2.31. The third-order valence-electron chi connectivity index (χ3n) is 4.09. The number of aromatic nitrogens is 3. The molecule has 2 aromatic heterocycles. The average Bonchev–Trinajstić information content (AvgIpc) is 3.18. The van der Waals surface area contributed by atoms with Gasteiger partial charge in [0.2, 0.25) is 10.0 Å². The minimum absolute atomic E-state index is 0.0936. The molecule has 0 aliphatic heterocycles. The quantitative estimate of drug-likeness (QED) is 0.659. The van der Waals surface area contributed by atoms with Crippen molar-refractivity contribution >= 4 is 10.0 Å². The molecule has 0 radical (unpaired) electrons. The van der Waals surface area contributed by atoms with Crippen molar-refractivity contribution in [3.05, 3.63) is 70.9 Å². The molecule has 0 saturated carbocycles. The molecule has 0 saturated heterocycles. The Labute approximate surface area is 157 Å². The molecule has 0 spiro atoms. The molecule has 1 aromatic carbocycles. The maximum atomic E-state index is 12.4. The van der Waals surface area contributed by atoms with Crippen molar-refractivity contribution in [1.29, 1.82) is 0 Å². The van der Waals surface area contributed by atoms with Crippen LogP contribution in [0.3, 0.4) is 0 Å². The van der Waals surface area contributed by atoms with Crippen LogP contribution in [0.4, 0.5) is 0 Å². The highest BCUT2D eigenvalue weighted by Crippen LogP contribution is 2.13. The second kappa shape index (κ2) is 7.77. The number of pyridine rings is 1. The molecule has 3 rings (SSSR count). The number of hydrogen-bond donors (Lipinski definition) is 1. The number of methoxy groups -OCH3 is 1. The third kappa shape index (κ3) is 4.26. The number of nitrogens with zero attached hydrogens (tertiary/aromatic N) is 3. The van der Waals surface area contributed by atoms with Crippen molar-refractivity contribution in [1.82, 2.24) is 19.1 Å².